The average Bonchev–Trinajstić information content (AvgIpc) is 2.73. The number of rotatable bonds is 5. The van der Waals surface area contributed by atoms with Crippen molar-refractivity contribution in [3.63, 3.8) is 0 Å². The van der Waals surface area contributed by atoms with Crippen molar-refractivity contribution >= 4 is 28.6 Å². The third-order valence-corrected chi connectivity index (χ3v) is 3.88. The van der Waals surface area contributed by atoms with Gasteiger partial charge in [-0.1, -0.05) is 23.5 Å². The standard InChI is InChI=1S/C14H17N3O2S/c1-10-9-20-14(19)17(10)8-4-7-13(18)16-12-6-3-2-5-11(12)15/h2-3,5-6,9H,4,7-8,15H2,1H3,(H,16,18). The van der Waals surface area contributed by atoms with E-state index in [4.69, 9.17) is 5.73 Å². The quantitative estimate of drug-likeness (QED) is 0.829. The van der Waals surface area contributed by atoms with Crippen LogP contribution < -0.4 is 15.9 Å². The van der Waals surface area contributed by atoms with Gasteiger partial charge >= 0.3 is 4.87 Å². The minimum atomic E-state index is -0.0937. The number of aryl methyl sites for hydroxylation is 1. The number of anilines is 2. The van der Waals surface area contributed by atoms with Crippen LogP contribution in [0.1, 0.15) is 18.5 Å². The fourth-order valence-electron chi connectivity index (χ4n) is 1.90. The highest BCUT2D eigenvalue weighted by Gasteiger charge is 2.06. The van der Waals surface area contributed by atoms with Crippen molar-refractivity contribution in [2.24, 2.45) is 0 Å². The summed E-state index contributed by atoms with van der Waals surface area (Å²) in [6.45, 7) is 2.45. The highest BCUT2D eigenvalue weighted by molar-refractivity contribution is 7.07. The van der Waals surface area contributed by atoms with E-state index in [1.54, 1.807) is 16.7 Å². The number of nitrogens with one attached hydrogen (secondary N) is 1. The predicted octanol–water partition coefficient (Wildman–Crippen LogP) is 2.22. The number of nitrogen functional groups attached to an aromatic ring is 1. The minimum Gasteiger partial charge on any atom is -0.397 e. The van der Waals surface area contributed by atoms with Gasteiger partial charge in [-0.3, -0.25) is 9.59 Å². The molecule has 0 unspecified atom stereocenters. The van der Waals surface area contributed by atoms with E-state index in [1.165, 1.54) is 11.3 Å². The summed E-state index contributed by atoms with van der Waals surface area (Å²) in [6, 6.07) is 7.14. The van der Waals surface area contributed by atoms with Gasteiger partial charge in [0.1, 0.15) is 0 Å². The van der Waals surface area contributed by atoms with Gasteiger partial charge in [0.05, 0.1) is 11.4 Å². The molecule has 0 aliphatic carbocycles. The maximum Gasteiger partial charge on any atom is 0.307 e. The summed E-state index contributed by atoms with van der Waals surface area (Å²) >= 11 is 1.18. The molecule has 0 bridgehead atoms. The molecule has 2 aromatic rings. The summed E-state index contributed by atoms with van der Waals surface area (Å²) < 4.78 is 1.69. The van der Waals surface area contributed by atoms with Gasteiger partial charge in [0.25, 0.3) is 0 Å². The van der Waals surface area contributed by atoms with E-state index in [0.717, 1.165) is 5.69 Å². The molecule has 0 spiro atoms. The second-order valence-corrected chi connectivity index (χ2v) is 5.35. The number of thiazole rings is 1. The Morgan fingerprint density at radius 2 is 2.15 bits per heavy atom. The van der Waals surface area contributed by atoms with Crippen molar-refractivity contribution < 1.29 is 4.79 Å². The fourth-order valence-corrected chi connectivity index (χ4v) is 2.66. The normalized spacial score (nSPS) is 10.4. The molecular weight excluding hydrogens is 274 g/mol. The molecule has 0 fully saturated rings. The van der Waals surface area contributed by atoms with Crippen molar-refractivity contribution in [3.05, 3.63) is 45.0 Å². The number of nitrogens with zero attached hydrogens (tertiary/aromatic N) is 1. The topological polar surface area (TPSA) is 77.1 Å². The highest BCUT2D eigenvalue weighted by Crippen LogP contribution is 2.17. The van der Waals surface area contributed by atoms with Crippen LogP contribution in [-0.4, -0.2) is 10.5 Å². The number of hydrogen-bond acceptors (Lipinski definition) is 4. The summed E-state index contributed by atoms with van der Waals surface area (Å²) in [5, 5.41) is 4.60. The van der Waals surface area contributed by atoms with Crippen LogP contribution >= 0.6 is 11.3 Å². The van der Waals surface area contributed by atoms with Crippen LogP contribution in [0.5, 0.6) is 0 Å². The molecule has 0 aliphatic rings. The zero-order valence-corrected chi connectivity index (χ0v) is 12.1. The maximum atomic E-state index is 11.8. The second-order valence-electron chi connectivity index (χ2n) is 4.53. The van der Waals surface area contributed by atoms with Crippen LogP contribution in [0.2, 0.25) is 0 Å². The molecule has 0 saturated heterocycles. The van der Waals surface area contributed by atoms with Crippen molar-refractivity contribution in [2.75, 3.05) is 11.1 Å². The number of aromatic nitrogens is 1. The summed E-state index contributed by atoms with van der Waals surface area (Å²) in [5.74, 6) is -0.0937. The van der Waals surface area contributed by atoms with Crippen LogP contribution in [0.3, 0.4) is 0 Å². The molecule has 0 saturated carbocycles. The largest absolute Gasteiger partial charge is 0.397 e. The molecule has 5 nitrogen and oxygen atoms in total. The van der Waals surface area contributed by atoms with Gasteiger partial charge in [-0.25, -0.2) is 0 Å². The zero-order valence-electron chi connectivity index (χ0n) is 11.3. The van der Waals surface area contributed by atoms with Gasteiger partial charge in [0, 0.05) is 24.0 Å². The lowest BCUT2D eigenvalue weighted by molar-refractivity contribution is -0.116. The van der Waals surface area contributed by atoms with Crippen molar-refractivity contribution in [3.8, 4) is 0 Å². The molecule has 6 heteroatoms. The molecule has 1 aromatic carbocycles. The van der Waals surface area contributed by atoms with Crippen LogP contribution in [0.15, 0.2) is 34.4 Å². The van der Waals surface area contributed by atoms with Gasteiger partial charge in [-0.15, -0.1) is 0 Å². The van der Waals surface area contributed by atoms with Crippen molar-refractivity contribution in [2.45, 2.75) is 26.3 Å². The van der Waals surface area contributed by atoms with Crippen LogP contribution in [0.4, 0.5) is 11.4 Å². The lowest BCUT2D eigenvalue weighted by Crippen LogP contribution is -2.17. The van der Waals surface area contributed by atoms with Gasteiger partial charge in [-0.05, 0) is 25.5 Å². The van der Waals surface area contributed by atoms with Crippen LogP contribution in [0.25, 0.3) is 0 Å². The van der Waals surface area contributed by atoms with E-state index in [-0.39, 0.29) is 10.8 Å². The van der Waals surface area contributed by atoms with Gasteiger partial charge < -0.3 is 15.6 Å². The number of carbonyl (C=O) groups is 1. The molecular formula is C14H17N3O2S. The Hall–Kier alpha value is -2.08. The third kappa shape index (κ3) is 3.48. The van der Waals surface area contributed by atoms with Gasteiger partial charge in [-0.2, -0.15) is 0 Å². The van der Waals surface area contributed by atoms with Gasteiger partial charge in [0.15, 0.2) is 0 Å². The summed E-state index contributed by atoms with van der Waals surface area (Å²) in [7, 11) is 0. The van der Waals surface area contributed by atoms with Gasteiger partial charge in [0.2, 0.25) is 5.91 Å². The lowest BCUT2D eigenvalue weighted by Gasteiger charge is -2.08. The number of hydrogen-bond donors (Lipinski definition) is 2. The lowest BCUT2D eigenvalue weighted by atomic mass is 10.2. The first-order valence-electron chi connectivity index (χ1n) is 6.37. The van der Waals surface area contributed by atoms with E-state index in [0.29, 0.717) is 30.8 Å². The molecule has 2 rings (SSSR count). The smallest absolute Gasteiger partial charge is 0.307 e. The SMILES string of the molecule is Cc1csc(=O)n1CCCC(=O)Nc1ccccc1N. The maximum absolute atomic E-state index is 11.8. The predicted molar refractivity (Wildman–Crippen MR) is 82.0 cm³/mol. The summed E-state index contributed by atoms with van der Waals surface area (Å²) in [5.41, 5.74) is 7.87. The summed E-state index contributed by atoms with van der Waals surface area (Å²) in [4.78, 5) is 23.4. The fraction of sp³-hybridized carbons (Fsp3) is 0.286. The number of carbonyl (C=O) groups excluding carboxylic acids is 1. The molecule has 0 atom stereocenters. The molecule has 0 aliphatic heterocycles. The Balaban J connectivity index is 1.85. The molecule has 1 amide bonds. The minimum absolute atomic E-state index is 0.0233. The number of amides is 1. The van der Waals surface area contributed by atoms with Crippen LogP contribution in [0, 0.1) is 6.92 Å². The number of nitrogens with two attached hydrogens (primary N) is 1. The van der Waals surface area contributed by atoms with E-state index < -0.39 is 0 Å². The molecule has 1 heterocycles. The second kappa shape index (κ2) is 6.38. The molecule has 20 heavy (non-hydrogen) atoms. The Labute approximate surface area is 121 Å². The highest BCUT2D eigenvalue weighted by atomic mass is 32.1. The van der Waals surface area contributed by atoms with E-state index in [1.807, 2.05) is 24.4 Å². The first-order valence-corrected chi connectivity index (χ1v) is 7.25. The number of benzene rings is 1. The molecule has 0 radical (unpaired) electrons. The first kappa shape index (κ1) is 14.3. The van der Waals surface area contributed by atoms with E-state index in [9.17, 15) is 9.59 Å². The Morgan fingerprint density at radius 3 is 2.80 bits per heavy atom. The Kier molecular flexibility index (Phi) is 4.57. The zero-order chi connectivity index (χ0) is 14.5. The molecule has 106 valence electrons. The third-order valence-electron chi connectivity index (χ3n) is 3.00. The first-order chi connectivity index (χ1) is 9.58. The monoisotopic (exact) mass is 291 g/mol. The molecule has 3 N–H and O–H groups in total. The molecule has 1 aromatic heterocycles. The summed E-state index contributed by atoms with van der Waals surface area (Å²) in [6.07, 6.45) is 0.978. The van der Waals surface area contributed by atoms with E-state index in [2.05, 4.69) is 5.32 Å². The van der Waals surface area contributed by atoms with Crippen molar-refractivity contribution in [1.29, 1.82) is 0 Å². The van der Waals surface area contributed by atoms with E-state index >= 15 is 0 Å². The van der Waals surface area contributed by atoms with Crippen LogP contribution in [-0.2, 0) is 11.3 Å². The number of para-hydroxylation sites is 2. The average molecular weight is 291 g/mol. The van der Waals surface area contributed by atoms with Crippen molar-refractivity contribution in [1.82, 2.24) is 4.57 Å². The Morgan fingerprint density at radius 1 is 1.40 bits per heavy atom. The Bertz CT molecular complexity index is 660.